The highest BCUT2D eigenvalue weighted by Crippen LogP contribution is 2.28. The number of fused-ring (bicyclic) bond motifs is 1. The van der Waals surface area contributed by atoms with Gasteiger partial charge in [0, 0.05) is 24.7 Å². The Bertz CT molecular complexity index is 989. The van der Waals surface area contributed by atoms with Gasteiger partial charge in [0.25, 0.3) is 12.3 Å². The lowest BCUT2D eigenvalue weighted by Crippen LogP contribution is -2.47. The number of piperidine rings is 1. The number of alkyl halides is 2. The summed E-state index contributed by atoms with van der Waals surface area (Å²) >= 11 is 0. The largest absolute Gasteiger partial charge is 0.334 e. The van der Waals surface area contributed by atoms with Crippen LogP contribution in [-0.2, 0) is 0 Å². The molecular formula is C20H21F2N5O. The fraction of sp³-hybridized carbons (Fsp3) is 0.350. The molecule has 1 unspecified atom stereocenters. The highest BCUT2D eigenvalue weighted by Gasteiger charge is 2.29. The van der Waals surface area contributed by atoms with Crippen LogP contribution in [-0.4, -0.2) is 44.5 Å². The minimum absolute atomic E-state index is 0.0527. The van der Waals surface area contributed by atoms with Crippen LogP contribution in [0.4, 0.5) is 8.78 Å². The molecule has 0 saturated carbocycles. The summed E-state index contributed by atoms with van der Waals surface area (Å²) in [4.78, 5) is 18.9. The van der Waals surface area contributed by atoms with Crippen molar-refractivity contribution in [3.05, 3.63) is 53.9 Å². The van der Waals surface area contributed by atoms with Gasteiger partial charge in [-0.2, -0.15) is 5.10 Å². The number of aromatic nitrogens is 3. The van der Waals surface area contributed by atoms with E-state index in [2.05, 4.69) is 10.1 Å². The summed E-state index contributed by atoms with van der Waals surface area (Å²) in [5.41, 5.74) is 7.00. The van der Waals surface area contributed by atoms with Crippen LogP contribution >= 0.6 is 0 Å². The van der Waals surface area contributed by atoms with Crippen molar-refractivity contribution in [1.29, 1.82) is 0 Å². The second kappa shape index (κ2) is 7.63. The highest BCUT2D eigenvalue weighted by molar-refractivity contribution is 6.00. The lowest BCUT2D eigenvalue weighted by molar-refractivity contribution is 0.0625. The Hall–Kier alpha value is -2.87. The van der Waals surface area contributed by atoms with E-state index in [0.717, 1.165) is 24.8 Å². The number of rotatable bonds is 4. The summed E-state index contributed by atoms with van der Waals surface area (Å²) in [6.45, 7) is 0.966. The monoisotopic (exact) mass is 385 g/mol. The molecule has 0 bridgehead atoms. The molecule has 1 saturated heterocycles. The Morgan fingerprint density at radius 1 is 1.25 bits per heavy atom. The first-order chi connectivity index (χ1) is 13.6. The lowest BCUT2D eigenvalue weighted by Gasteiger charge is -2.34. The van der Waals surface area contributed by atoms with Gasteiger partial charge in [0.15, 0.2) is 5.65 Å². The average molecular weight is 385 g/mol. The number of nitrogens with zero attached hydrogens (tertiary/aromatic N) is 4. The summed E-state index contributed by atoms with van der Waals surface area (Å²) in [6.07, 6.45) is 1.41. The lowest BCUT2D eigenvalue weighted by atomic mass is 10.0. The number of hydrogen-bond acceptors (Lipinski definition) is 4. The molecule has 4 rings (SSSR count). The van der Waals surface area contributed by atoms with Gasteiger partial charge in [0.1, 0.15) is 11.3 Å². The fourth-order valence-corrected chi connectivity index (χ4v) is 3.73. The van der Waals surface area contributed by atoms with Crippen LogP contribution in [0, 0.1) is 0 Å². The molecule has 0 aliphatic carbocycles. The quantitative estimate of drug-likeness (QED) is 0.748. The molecular weight excluding hydrogens is 364 g/mol. The summed E-state index contributed by atoms with van der Waals surface area (Å²) < 4.78 is 28.4. The third-order valence-electron chi connectivity index (χ3n) is 5.18. The average Bonchev–Trinajstić information content (AvgIpc) is 3.17. The van der Waals surface area contributed by atoms with Crippen LogP contribution in [0.25, 0.3) is 16.9 Å². The standard InChI is InChI=1S/C20H21F2N5O/c21-18(22)16-10-17(13-6-2-1-3-7-13)27-19(25-16)15(12-24-27)20(28)26-9-5-4-8-14(26)11-23/h1-3,6-7,10,12,14,18H,4-5,8-9,11,23H2. The van der Waals surface area contributed by atoms with Crippen LogP contribution in [0.15, 0.2) is 42.6 Å². The Morgan fingerprint density at radius 2 is 2.04 bits per heavy atom. The molecule has 2 N–H and O–H groups in total. The maximum Gasteiger partial charge on any atom is 0.280 e. The van der Waals surface area contributed by atoms with Crippen LogP contribution in [0.5, 0.6) is 0 Å². The molecule has 146 valence electrons. The van der Waals surface area contributed by atoms with E-state index in [0.29, 0.717) is 18.8 Å². The zero-order valence-electron chi connectivity index (χ0n) is 15.3. The van der Waals surface area contributed by atoms with Gasteiger partial charge >= 0.3 is 0 Å². The number of likely N-dealkylation sites (tertiary alicyclic amines) is 1. The van der Waals surface area contributed by atoms with Gasteiger partial charge in [-0.25, -0.2) is 18.3 Å². The van der Waals surface area contributed by atoms with E-state index in [1.54, 1.807) is 4.90 Å². The maximum absolute atomic E-state index is 13.5. The first-order valence-electron chi connectivity index (χ1n) is 9.33. The van der Waals surface area contributed by atoms with Crippen LogP contribution in [0.3, 0.4) is 0 Å². The Labute approximate surface area is 161 Å². The molecule has 8 heteroatoms. The molecule has 1 fully saturated rings. The number of halogens is 2. The van der Waals surface area contributed by atoms with Gasteiger partial charge in [0.05, 0.1) is 11.9 Å². The van der Waals surface area contributed by atoms with Crippen molar-refractivity contribution in [2.24, 2.45) is 5.73 Å². The van der Waals surface area contributed by atoms with E-state index in [9.17, 15) is 13.6 Å². The third kappa shape index (κ3) is 3.24. The van der Waals surface area contributed by atoms with Gasteiger partial charge in [-0.1, -0.05) is 30.3 Å². The van der Waals surface area contributed by atoms with Crippen molar-refractivity contribution in [2.75, 3.05) is 13.1 Å². The molecule has 3 heterocycles. The van der Waals surface area contributed by atoms with Crippen LogP contribution < -0.4 is 5.73 Å². The van der Waals surface area contributed by atoms with Crippen molar-refractivity contribution in [3.63, 3.8) is 0 Å². The summed E-state index contributed by atoms with van der Waals surface area (Å²) in [5, 5.41) is 4.29. The molecule has 1 amide bonds. The first kappa shape index (κ1) is 18.5. The highest BCUT2D eigenvalue weighted by atomic mass is 19.3. The van der Waals surface area contributed by atoms with E-state index in [-0.39, 0.29) is 28.9 Å². The predicted molar refractivity (Wildman–Crippen MR) is 101 cm³/mol. The zero-order chi connectivity index (χ0) is 19.7. The van der Waals surface area contributed by atoms with Crippen molar-refractivity contribution < 1.29 is 13.6 Å². The van der Waals surface area contributed by atoms with E-state index in [1.807, 2.05) is 30.3 Å². The second-order valence-electron chi connectivity index (χ2n) is 6.91. The van der Waals surface area contributed by atoms with Crippen molar-refractivity contribution >= 4 is 11.6 Å². The number of carbonyl (C=O) groups is 1. The SMILES string of the molecule is NCC1CCCCN1C(=O)c1cnn2c(-c3ccccc3)cc(C(F)F)nc12. The van der Waals surface area contributed by atoms with Gasteiger partial charge < -0.3 is 10.6 Å². The minimum atomic E-state index is -2.75. The van der Waals surface area contributed by atoms with Crippen molar-refractivity contribution in [3.8, 4) is 11.3 Å². The van der Waals surface area contributed by atoms with Crippen LogP contribution in [0.1, 0.15) is 41.7 Å². The Morgan fingerprint density at radius 3 is 2.75 bits per heavy atom. The topological polar surface area (TPSA) is 76.5 Å². The second-order valence-corrected chi connectivity index (χ2v) is 6.91. The van der Waals surface area contributed by atoms with E-state index in [1.165, 1.54) is 16.8 Å². The van der Waals surface area contributed by atoms with E-state index < -0.39 is 6.43 Å². The molecule has 0 radical (unpaired) electrons. The minimum Gasteiger partial charge on any atom is -0.334 e. The Balaban J connectivity index is 1.84. The molecule has 6 nitrogen and oxygen atoms in total. The molecule has 1 aliphatic heterocycles. The van der Waals surface area contributed by atoms with Gasteiger partial charge in [-0.3, -0.25) is 4.79 Å². The molecule has 28 heavy (non-hydrogen) atoms. The number of nitrogens with two attached hydrogens (primary N) is 1. The predicted octanol–water partition coefficient (Wildman–Crippen LogP) is 3.29. The number of hydrogen-bond donors (Lipinski definition) is 1. The first-order valence-corrected chi connectivity index (χ1v) is 9.33. The molecule has 1 aromatic carbocycles. The van der Waals surface area contributed by atoms with Crippen molar-refractivity contribution in [2.45, 2.75) is 31.7 Å². The fourth-order valence-electron chi connectivity index (χ4n) is 3.73. The molecule has 3 aromatic rings. The molecule has 0 spiro atoms. The summed E-state index contributed by atoms with van der Waals surface area (Å²) in [5.74, 6) is -0.261. The normalized spacial score (nSPS) is 17.4. The number of benzene rings is 1. The number of amides is 1. The van der Waals surface area contributed by atoms with E-state index >= 15 is 0 Å². The van der Waals surface area contributed by atoms with Crippen molar-refractivity contribution in [1.82, 2.24) is 19.5 Å². The van der Waals surface area contributed by atoms with Gasteiger partial charge in [-0.15, -0.1) is 0 Å². The maximum atomic E-state index is 13.5. The van der Waals surface area contributed by atoms with Gasteiger partial charge in [-0.05, 0) is 25.3 Å². The Kier molecular flexibility index (Phi) is 5.04. The van der Waals surface area contributed by atoms with E-state index in [4.69, 9.17) is 5.73 Å². The number of carbonyl (C=O) groups excluding carboxylic acids is 1. The van der Waals surface area contributed by atoms with Crippen LogP contribution in [0.2, 0.25) is 0 Å². The molecule has 2 aromatic heterocycles. The summed E-state index contributed by atoms with van der Waals surface area (Å²) in [7, 11) is 0. The molecule has 1 aliphatic rings. The third-order valence-corrected chi connectivity index (χ3v) is 5.18. The summed E-state index contributed by atoms with van der Waals surface area (Å²) in [6, 6.07) is 10.4. The molecule has 1 atom stereocenters. The zero-order valence-corrected chi connectivity index (χ0v) is 15.3. The van der Waals surface area contributed by atoms with Gasteiger partial charge in [0.2, 0.25) is 0 Å². The smallest absolute Gasteiger partial charge is 0.280 e.